The Morgan fingerprint density at radius 3 is 2.28 bits per heavy atom. The Hall–Kier alpha value is -0.870. The van der Waals surface area contributed by atoms with Gasteiger partial charge in [0.25, 0.3) is 0 Å². The molecule has 18 heavy (non-hydrogen) atoms. The van der Waals surface area contributed by atoms with Gasteiger partial charge >= 0.3 is 0 Å². The zero-order valence-electron chi connectivity index (χ0n) is 11.0. The minimum atomic E-state index is -0.214. The number of halogens is 1. The number of aliphatic hydroxyl groups excluding tert-OH is 1. The highest BCUT2D eigenvalue weighted by Gasteiger charge is 2.24. The van der Waals surface area contributed by atoms with Crippen molar-refractivity contribution < 1.29 is 9.90 Å². The minimum Gasteiger partial charge on any atom is -0.394 e. The predicted octanol–water partition coefficient (Wildman–Crippen LogP) is 2.69. The van der Waals surface area contributed by atoms with Crippen LogP contribution in [0.25, 0.3) is 0 Å². The fourth-order valence-electron chi connectivity index (χ4n) is 1.89. The summed E-state index contributed by atoms with van der Waals surface area (Å²) in [5.74, 6) is -0.0157. The van der Waals surface area contributed by atoms with Gasteiger partial charge in [-0.25, -0.2) is 0 Å². The van der Waals surface area contributed by atoms with E-state index in [1.54, 1.807) is 6.92 Å². The summed E-state index contributed by atoms with van der Waals surface area (Å²) in [7, 11) is 0. The van der Waals surface area contributed by atoms with E-state index in [0.29, 0.717) is 0 Å². The molecule has 0 aliphatic heterocycles. The van der Waals surface area contributed by atoms with Gasteiger partial charge in [0.2, 0.25) is 5.91 Å². The number of amides is 1. The largest absolute Gasteiger partial charge is 0.394 e. The SMILES string of the molecule is CC(C)C(C(=O)N[C@@H](C)CO)c1ccc(Br)cc1. The van der Waals surface area contributed by atoms with Crippen LogP contribution in [0, 0.1) is 5.92 Å². The Balaban J connectivity index is 2.89. The molecule has 3 nitrogen and oxygen atoms in total. The number of benzene rings is 1. The second kappa shape index (κ2) is 6.90. The van der Waals surface area contributed by atoms with Crippen LogP contribution in [0.1, 0.15) is 32.3 Å². The normalized spacial score (nSPS) is 14.3. The number of carbonyl (C=O) groups excluding carboxylic acids is 1. The van der Waals surface area contributed by atoms with Gasteiger partial charge in [-0.15, -0.1) is 0 Å². The number of hydrogen-bond donors (Lipinski definition) is 2. The molecule has 1 aromatic carbocycles. The number of hydrogen-bond acceptors (Lipinski definition) is 2. The van der Waals surface area contributed by atoms with Gasteiger partial charge in [0, 0.05) is 10.5 Å². The number of carbonyl (C=O) groups is 1. The van der Waals surface area contributed by atoms with Crippen molar-refractivity contribution in [3.63, 3.8) is 0 Å². The van der Waals surface area contributed by atoms with Crippen LogP contribution in [-0.2, 0) is 4.79 Å². The molecule has 4 heteroatoms. The maximum absolute atomic E-state index is 12.2. The van der Waals surface area contributed by atoms with Crippen molar-refractivity contribution in [1.82, 2.24) is 5.32 Å². The molecule has 0 aromatic heterocycles. The van der Waals surface area contributed by atoms with Gasteiger partial charge < -0.3 is 10.4 Å². The molecule has 0 spiro atoms. The highest BCUT2D eigenvalue weighted by atomic mass is 79.9. The first-order chi connectivity index (χ1) is 8.45. The summed E-state index contributed by atoms with van der Waals surface area (Å²) in [5.41, 5.74) is 0.996. The van der Waals surface area contributed by atoms with Gasteiger partial charge in [0.1, 0.15) is 0 Å². The third-order valence-electron chi connectivity index (χ3n) is 2.84. The Bertz CT molecular complexity index is 389. The third-order valence-corrected chi connectivity index (χ3v) is 3.37. The molecule has 1 rings (SSSR count). The van der Waals surface area contributed by atoms with Crippen molar-refractivity contribution in [3.8, 4) is 0 Å². The highest BCUT2D eigenvalue weighted by molar-refractivity contribution is 9.10. The lowest BCUT2D eigenvalue weighted by Crippen LogP contribution is -2.39. The van der Waals surface area contributed by atoms with Crippen LogP contribution in [0.5, 0.6) is 0 Å². The number of aliphatic hydroxyl groups is 1. The predicted molar refractivity (Wildman–Crippen MR) is 76.4 cm³/mol. The molecule has 2 atom stereocenters. The number of nitrogens with one attached hydrogen (secondary N) is 1. The van der Waals surface area contributed by atoms with E-state index in [4.69, 9.17) is 5.11 Å². The van der Waals surface area contributed by atoms with Crippen LogP contribution in [-0.4, -0.2) is 23.7 Å². The van der Waals surface area contributed by atoms with Crippen molar-refractivity contribution >= 4 is 21.8 Å². The molecule has 0 fully saturated rings. The van der Waals surface area contributed by atoms with Gasteiger partial charge in [-0.05, 0) is 30.5 Å². The molecule has 0 saturated carbocycles. The molecule has 0 heterocycles. The van der Waals surface area contributed by atoms with E-state index >= 15 is 0 Å². The zero-order chi connectivity index (χ0) is 13.7. The quantitative estimate of drug-likeness (QED) is 0.878. The molecule has 0 radical (unpaired) electrons. The van der Waals surface area contributed by atoms with Gasteiger partial charge in [0.15, 0.2) is 0 Å². The summed E-state index contributed by atoms with van der Waals surface area (Å²) in [6.07, 6.45) is 0. The Kier molecular flexibility index (Phi) is 5.82. The van der Waals surface area contributed by atoms with E-state index in [0.717, 1.165) is 10.0 Å². The highest BCUT2D eigenvalue weighted by Crippen LogP contribution is 2.26. The van der Waals surface area contributed by atoms with Gasteiger partial charge in [-0.3, -0.25) is 4.79 Å². The average molecular weight is 314 g/mol. The van der Waals surface area contributed by atoms with Gasteiger partial charge in [-0.2, -0.15) is 0 Å². The van der Waals surface area contributed by atoms with Gasteiger partial charge in [0.05, 0.1) is 12.5 Å². The second-order valence-corrected chi connectivity index (χ2v) is 5.78. The summed E-state index contributed by atoms with van der Waals surface area (Å²) < 4.78 is 0.998. The molecule has 1 aromatic rings. The molecule has 0 bridgehead atoms. The van der Waals surface area contributed by atoms with E-state index in [-0.39, 0.29) is 30.4 Å². The fourth-order valence-corrected chi connectivity index (χ4v) is 2.15. The molecule has 2 N–H and O–H groups in total. The van der Waals surface area contributed by atoms with Crippen LogP contribution >= 0.6 is 15.9 Å². The summed E-state index contributed by atoms with van der Waals surface area (Å²) in [5, 5.41) is 11.8. The van der Waals surface area contributed by atoms with Crippen LogP contribution in [0.15, 0.2) is 28.7 Å². The Labute approximate surface area is 117 Å². The number of rotatable bonds is 5. The van der Waals surface area contributed by atoms with Crippen LogP contribution in [0.2, 0.25) is 0 Å². The second-order valence-electron chi connectivity index (χ2n) is 4.87. The molecule has 0 saturated heterocycles. The first kappa shape index (κ1) is 15.2. The fraction of sp³-hybridized carbons (Fsp3) is 0.500. The zero-order valence-corrected chi connectivity index (χ0v) is 12.6. The lowest BCUT2D eigenvalue weighted by atomic mass is 9.87. The first-order valence-corrected chi connectivity index (χ1v) is 6.91. The Morgan fingerprint density at radius 2 is 1.83 bits per heavy atom. The van der Waals surface area contributed by atoms with E-state index in [2.05, 4.69) is 21.2 Å². The molecular formula is C14H20BrNO2. The van der Waals surface area contributed by atoms with Crippen LogP contribution < -0.4 is 5.32 Å². The summed E-state index contributed by atoms with van der Waals surface area (Å²) in [6.45, 7) is 5.79. The Morgan fingerprint density at radius 1 is 1.28 bits per heavy atom. The molecule has 1 unspecified atom stereocenters. The summed E-state index contributed by atoms with van der Waals surface area (Å²) >= 11 is 3.39. The van der Waals surface area contributed by atoms with Crippen molar-refractivity contribution in [3.05, 3.63) is 34.3 Å². The summed E-state index contributed by atoms with van der Waals surface area (Å²) in [4.78, 5) is 12.2. The lowest BCUT2D eigenvalue weighted by molar-refractivity contribution is -0.124. The summed E-state index contributed by atoms with van der Waals surface area (Å²) in [6, 6.07) is 7.57. The topological polar surface area (TPSA) is 49.3 Å². The first-order valence-electron chi connectivity index (χ1n) is 6.12. The molecule has 0 aliphatic carbocycles. The van der Waals surface area contributed by atoms with E-state index in [1.165, 1.54) is 0 Å². The minimum absolute atomic E-state index is 0.0335. The standard InChI is InChI=1S/C14H20BrNO2/c1-9(2)13(14(18)16-10(3)8-17)11-4-6-12(15)7-5-11/h4-7,9-10,13,17H,8H2,1-3H3,(H,16,18)/t10-,13?/m0/s1. The van der Waals surface area contributed by atoms with Crippen LogP contribution in [0.4, 0.5) is 0 Å². The maximum atomic E-state index is 12.2. The molecular weight excluding hydrogens is 294 g/mol. The molecule has 1 amide bonds. The average Bonchev–Trinajstić information content (AvgIpc) is 2.31. The van der Waals surface area contributed by atoms with E-state index in [1.807, 2.05) is 38.1 Å². The van der Waals surface area contributed by atoms with E-state index in [9.17, 15) is 4.79 Å². The smallest absolute Gasteiger partial charge is 0.228 e. The molecule has 100 valence electrons. The molecule has 0 aliphatic rings. The van der Waals surface area contributed by atoms with Crippen molar-refractivity contribution in [2.75, 3.05) is 6.61 Å². The van der Waals surface area contributed by atoms with Gasteiger partial charge in [-0.1, -0.05) is 41.9 Å². The van der Waals surface area contributed by atoms with E-state index < -0.39 is 0 Å². The third kappa shape index (κ3) is 4.10. The van der Waals surface area contributed by atoms with Crippen molar-refractivity contribution in [2.24, 2.45) is 5.92 Å². The maximum Gasteiger partial charge on any atom is 0.228 e. The van der Waals surface area contributed by atoms with Crippen molar-refractivity contribution in [1.29, 1.82) is 0 Å². The lowest BCUT2D eigenvalue weighted by Gasteiger charge is -2.22. The van der Waals surface area contributed by atoms with Crippen molar-refractivity contribution in [2.45, 2.75) is 32.7 Å². The van der Waals surface area contributed by atoms with Crippen LogP contribution in [0.3, 0.4) is 0 Å². The monoisotopic (exact) mass is 313 g/mol.